The zero-order valence-electron chi connectivity index (χ0n) is 8.10. The predicted molar refractivity (Wildman–Crippen MR) is 60.4 cm³/mol. The van der Waals surface area contributed by atoms with E-state index in [0.29, 0.717) is 5.92 Å². The van der Waals surface area contributed by atoms with Crippen LogP contribution < -0.4 is 5.32 Å². The molecule has 1 N–H and O–H groups in total. The van der Waals surface area contributed by atoms with Crippen LogP contribution in [0.5, 0.6) is 0 Å². The van der Waals surface area contributed by atoms with E-state index in [-0.39, 0.29) is 0 Å². The minimum absolute atomic E-state index is 0.717. The first-order valence-electron chi connectivity index (χ1n) is 4.97. The van der Waals surface area contributed by atoms with Gasteiger partial charge in [0, 0.05) is 18.2 Å². The van der Waals surface area contributed by atoms with Crippen molar-refractivity contribution in [3.63, 3.8) is 0 Å². The fourth-order valence-corrected chi connectivity index (χ4v) is 2.17. The minimum Gasteiger partial charge on any atom is -0.331 e. The predicted octanol–water partition coefficient (Wildman–Crippen LogP) is 2.96. The van der Waals surface area contributed by atoms with Crippen molar-refractivity contribution in [2.75, 3.05) is 5.32 Å². The monoisotopic (exact) mass is 216 g/mol. The van der Waals surface area contributed by atoms with Crippen LogP contribution in [0, 0.1) is 6.07 Å². The molecular formula is C11H10N3S. The van der Waals surface area contributed by atoms with Crippen LogP contribution in [0.4, 0.5) is 10.8 Å². The average Bonchev–Trinajstić information content (AvgIpc) is 3.02. The molecule has 0 aromatic carbocycles. The Bertz CT molecular complexity index is 448. The van der Waals surface area contributed by atoms with Crippen LogP contribution in [0.1, 0.15) is 24.5 Å². The van der Waals surface area contributed by atoms with Gasteiger partial charge in [-0.05, 0) is 42.6 Å². The number of nitrogens with one attached hydrogen (secondary N) is 1. The van der Waals surface area contributed by atoms with Crippen LogP contribution >= 0.6 is 11.5 Å². The van der Waals surface area contributed by atoms with Crippen LogP contribution in [0.3, 0.4) is 0 Å². The number of pyridine rings is 1. The van der Waals surface area contributed by atoms with Crippen molar-refractivity contribution in [1.82, 2.24) is 9.36 Å². The first-order chi connectivity index (χ1) is 7.42. The van der Waals surface area contributed by atoms with Gasteiger partial charge in [0.1, 0.15) is 10.8 Å². The van der Waals surface area contributed by atoms with Gasteiger partial charge >= 0.3 is 0 Å². The van der Waals surface area contributed by atoms with Gasteiger partial charge in [0.15, 0.2) is 0 Å². The molecule has 1 aliphatic carbocycles. The van der Waals surface area contributed by atoms with Crippen LogP contribution in [0.2, 0.25) is 0 Å². The summed E-state index contributed by atoms with van der Waals surface area (Å²) < 4.78 is 4.42. The number of anilines is 2. The summed E-state index contributed by atoms with van der Waals surface area (Å²) in [6, 6.07) is 8.76. The maximum atomic E-state index is 4.42. The highest BCUT2D eigenvalue weighted by Crippen LogP contribution is 2.41. The number of hydrogen-bond acceptors (Lipinski definition) is 4. The third kappa shape index (κ3) is 1.99. The first-order valence-corrected chi connectivity index (χ1v) is 5.75. The van der Waals surface area contributed by atoms with Crippen molar-refractivity contribution in [3.8, 4) is 0 Å². The van der Waals surface area contributed by atoms with E-state index >= 15 is 0 Å². The molecule has 1 saturated carbocycles. The summed E-state index contributed by atoms with van der Waals surface area (Å²) in [5, 5.41) is 4.30. The lowest BCUT2D eigenvalue weighted by atomic mass is 10.3. The quantitative estimate of drug-likeness (QED) is 0.857. The topological polar surface area (TPSA) is 37.8 Å². The fourth-order valence-electron chi connectivity index (χ4n) is 1.44. The van der Waals surface area contributed by atoms with Gasteiger partial charge in [0.25, 0.3) is 0 Å². The molecule has 0 bridgehead atoms. The van der Waals surface area contributed by atoms with E-state index in [9.17, 15) is 0 Å². The molecule has 4 heteroatoms. The average molecular weight is 216 g/mol. The molecule has 75 valence electrons. The van der Waals surface area contributed by atoms with E-state index in [1.807, 2.05) is 12.1 Å². The van der Waals surface area contributed by atoms with Gasteiger partial charge in [-0.15, -0.1) is 0 Å². The Morgan fingerprint density at radius 2 is 2.40 bits per heavy atom. The van der Waals surface area contributed by atoms with Crippen molar-refractivity contribution < 1.29 is 0 Å². The summed E-state index contributed by atoms with van der Waals surface area (Å²) in [6.07, 6.45) is 4.24. The summed E-state index contributed by atoms with van der Waals surface area (Å²) in [6.45, 7) is 0. The minimum atomic E-state index is 0.717. The Morgan fingerprint density at radius 1 is 1.47 bits per heavy atom. The van der Waals surface area contributed by atoms with E-state index in [4.69, 9.17) is 0 Å². The van der Waals surface area contributed by atoms with Gasteiger partial charge in [-0.1, -0.05) is 0 Å². The zero-order chi connectivity index (χ0) is 10.1. The molecule has 1 fully saturated rings. The standard InChI is InChI=1S/C11H10N3S/c1-2-6-12-10(3-1)13-11-7-9(14-15-11)8-4-5-8/h1,3,6-8H,4-5H2,(H,12,13). The van der Waals surface area contributed by atoms with Crippen LogP contribution in [-0.4, -0.2) is 9.36 Å². The maximum absolute atomic E-state index is 4.42. The van der Waals surface area contributed by atoms with Gasteiger partial charge in [0.05, 0.1) is 5.69 Å². The van der Waals surface area contributed by atoms with E-state index in [1.54, 1.807) is 6.20 Å². The zero-order valence-corrected chi connectivity index (χ0v) is 8.92. The molecule has 0 atom stereocenters. The highest BCUT2D eigenvalue weighted by molar-refractivity contribution is 7.10. The van der Waals surface area contributed by atoms with Crippen LogP contribution in [0.25, 0.3) is 0 Å². The second-order valence-electron chi connectivity index (χ2n) is 3.66. The van der Waals surface area contributed by atoms with Crippen LogP contribution in [-0.2, 0) is 0 Å². The molecule has 3 rings (SSSR count). The van der Waals surface area contributed by atoms with E-state index < -0.39 is 0 Å². The summed E-state index contributed by atoms with van der Waals surface area (Å²) in [7, 11) is 0. The molecular weight excluding hydrogens is 206 g/mol. The van der Waals surface area contributed by atoms with Gasteiger partial charge < -0.3 is 5.32 Å². The molecule has 0 aliphatic heterocycles. The van der Waals surface area contributed by atoms with Crippen molar-refractivity contribution in [1.29, 1.82) is 0 Å². The summed E-state index contributed by atoms with van der Waals surface area (Å²) >= 11 is 1.50. The van der Waals surface area contributed by atoms with Crippen molar-refractivity contribution >= 4 is 22.4 Å². The number of nitrogens with zero attached hydrogens (tertiary/aromatic N) is 2. The van der Waals surface area contributed by atoms with E-state index in [0.717, 1.165) is 10.8 Å². The Labute approximate surface area is 92.3 Å². The molecule has 1 radical (unpaired) electrons. The van der Waals surface area contributed by atoms with Gasteiger partial charge in [-0.3, -0.25) is 0 Å². The second-order valence-corrected chi connectivity index (χ2v) is 4.46. The van der Waals surface area contributed by atoms with Crippen molar-refractivity contribution in [3.05, 3.63) is 36.2 Å². The molecule has 0 amide bonds. The Balaban J connectivity index is 1.76. The second kappa shape index (κ2) is 3.62. The number of hydrogen-bond donors (Lipinski definition) is 1. The lowest BCUT2D eigenvalue weighted by Crippen LogP contribution is -1.89. The van der Waals surface area contributed by atoms with Crippen molar-refractivity contribution in [2.24, 2.45) is 0 Å². The number of rotatable bonds is 3. The summed E-state index contributed by atoms with van der Waals surface area (Å²) in [4.78, 5) is 4.16. The summed E-state index contributed by atoms with van der Waals surface area (Å²) in [5.41, 5.74) is 1.23. The van der Waals surface area contributed by atoms with Gasteiger partial charge in [0.2, 0.25) is 0 Å². The first kappa shape index (κ1) is 8.85. The highest BCUT2D eigenvalue weighted by atomic mass is 32.1. The van der Waals surface area contributed by atoms with E-state index in [1.165, 1.54) is 30.1 Å². The highest BCUT2D eigenvalue weighted by Gasteiger charge is 2.26. The Kier molecular flexibility index (Phi) is 2.14. The van der Waals surface area contributed by atoms with Crippen molar-refractivity contribution in [2.45, 2.75) is 18.8 Å². The fraction of sp³-hybridized carbons (Fsp3) is 0.273. The molecule has 2 aromatic heterocycles. The third-order valence-corrected chi connectivity index (χ3v) is 3.11. The Morgan fingerprint density at radius 3 is 3.13 bits per heavy atom. The molecule has 15 heavy (non-hydrogen) atoms. The smallest absolute Gasteiger partial charge is 0.130 e. The Hall–Kier alpha value is -1.42. The molecule has 1 aliphatic rings. The molecule has 2 aromatic rings. The molecule has 2 heterocycles. The van der Waals surface area contributed by atoms with Gasteiger partial charge in [-0.2, -0.15) is 4.37 Å². The molecule has 0 saturated heterocycles. The lowest BCUT2D eigenvalue weighted by Gasteiger charge is -1.99. The number of aromatic nitrogens is 2. The lowest BCUT2D eigenvalue weighted by molar-refractivity contribution is 1.07. The maximum Gasteiger partial charge on any atom is 0.130 e. The third-order valence-electron chi connectivity index (χ3n) is 2.39. The van der Waals surface area contributed by atoms with Crippen LogP contribution in [0.15, 0.2) is 24.4 Å². The summed E-state index contributed by atoms with van der Waals surface area (Å²) in [5.74, 6) is 1.56. The molecule has 3 nitrogen and oxygen atoms in total. The SMILES string of the molecule is [c]1ccc(Nc2cc(C3CC3)ns2)nc1. The van der Waals surface area contributed by atoms with Gasteiger partial charge in [-0.25, -0.2) is 4.98 Å². The normalized spacial score (nSPS) is 15.2. The largest absolute Gasteiger partial charge is 0.331 e. The molecule has 0 spiro atoms. The van der Waals surface area contributed by atoms with E-state index in [2.05, 4.69) is 26.8 Å². The molecule has 0 unspecified atom stereocenters.